The Morgan fingerprint density at radius 2 is 1.94 bits per heavy atom. The number of anilines is 1. The van der Waals surface area contributed by atoms with E-state index in [1.165, 1.54) is 17.9 Å². The largest absolute Gasteiger partial charge is 0.399 e. The molecule has 2 heterocycles. The molecule has 0 aliphatic carbocycles. The van der Waals surface area contributed by atoms with Gasteiger partial charge < -0.3 is 5.73 Å². The Balaban J connectivity index is 1.98. The highest BCUT2D eigenvalue weighted by molar-refractivity contribution is 7.07. The molecule has 6 nitrogen and oxygen atoms in total. The van der Waals surface area contributed by atoms with Gasteiger partial charge in [0.1, 0.15) is 12.7 Å². The van der Waals surface area contributed by atoms with E-state index in [0.29, 0.717) is 11.0 Å². The summed E-state index contributed by atoms with van der Waals surface area (Å²) in [5.41, 5.74) is 7.26. The van der Waals surface area contributed by atoms with Crippen LogP contribution in [0.4, 0.5) is 5.69 Å². The second kappa shape index (κ2) is 3.95. The molecule has 0 saturated carbocycles. The number of nitrogen functional groups attached to an aromatic ring is 1. The monoisotopic (exact) mass is 244 g/mol. The van der Waals surface area contributed by atoms with Crippen LogP contribution in [0, 0.1) is 0 Å². The smallest absolute Gasteiger partial charge is 0.231 e. The lowest BCUT2D eigenvalue weighted by molar-refractivity contribution is 0.870. The predicted octanol–water partition coefficient (Wildman–Crippen LogP) is 1.37. The number of aromatic nitrogens is 5. The molecule has 3 rings (SSSR count). The van der Waals surface area contributed by atoms with Crippen LogP contribution < -0.4 is 5.73 Å². The first kappa shape index (κ1) is 9.91. The van der Waals surface area contributed by atoms with Crippen molar-refractivity contribution in [3.05, 3.63) is 36.9 Å². The van der Waals surface area contributed by atoms with Crippen LogP contribution in [0.2, 0.25) is 0 Å². The summed E-state index contributed by atoms with van der Waals surface area (Å²) in [5.74, 6) is 0.639. The fourth-order valence-electron chi connectivity index (χ4n) is 1.39. The second-order valence-electron chi connectivity index (χ2n) is 3.36. The molecule has 2 N–H and O–H groups in total. The van der Waals surface area contributed by atoms with E-state index in [-0.39, 0.29) is 0 Å². The summed E-state index contributed by atoms with van der Waals surface area (Å²) in [6.07, 6.45) is 3.11. The zero-order chi connectivity index (χ0) is 11.7. The van der Waals surface area contributed by atoms with E-state index < -0.39 is 0 Å². The van der Waals surface area contributed by atoms with E-state index in [4.69, 9.17) is 5.73 Å². The van der Waals surface area contributed by atoms with Gasteiger partial charge in [-0.25, -0.2) is 9.97 Å². The van der Waals surface area contributed by atoms with Crippen molar-refractivity contribution in [2.24, 2.45) is 0 Å². The third-order valence-corrected chi connectivity index (χ3v) is 2.86. The average Bonchev–Trinajstić information content (AvgIpc) is 3.00. The molecule has 0 fully saturated rings. The van der Waals surface area contributed by atoms with Crippen LogP contribution >= 0.6 is 11.5 Å². The van der Waals surface area contributed by atoms with Crippen molar-refractivity contribution < 1.29 is 0 Å². The van der Waals surface area contributed by atoms with Crippen molar-refractivity contribution in [2.45, 2.75) is 0 Å². The van der Waals surface area contributed by atoms with E-state index in [1.54, 1.807) is 11.0 Å². The summed E-state index contributed by atoms with van der Waals surface area (Å²) >= 11 is 1.27. The minimum Gasteiger partial charge on any atom is -0.399 e. The van der Waals surface area contributed by atoms with Gasteiger partial charge in [-0.15, -0.1) is 5.10 Å². The molecule has 3 aromatic rings. The molecule has 0 unspecified atom stereocenters. The van der Waals surface area contributed by atoms with Crippen molar-refractivity contribution in [1.29, 1.82) is 0 Å². The molecular weight excluding hydrogens is 236 g/mol. The topological polar surface area (TPSA) is 82.5 Å². The van der Waals surface area contributed by atoms with Crippen LogP contribution in [-0.2, 0) is 0 Å². The van der Waals surface area contributed by atoms with E-state index >= 15 is 0 Å². The van der Waals surface area contributed by atoms with Gasteiger partial charge in [0.05, 0.1) is 0 Å². The first-order chi connectivity index (χ1) is 8.33. The number of hydrogen-bond acceptors (Lipinski definition) is 6. The molecule has 0 bridgehead atoms. The van der Waals surface area contributed by atoms with E-state index in [0.717, 1.165) is 11.3 Å². The van der Waals surface area contributed by atoms with Gasteiger partial charge in [-0.05, 0) is 24.3 Å². The Bertz CT molecular complexity index is 613. The average molecular weight is 244 g/mol. The predicted molar refractivity (Wildman–Crippen MR) is 64.7 cm³/mol. The lowest BCUT2D eigenvalue weighted by Crippen LogP contribution is -1.93. The van der Waals surface area contributed by atoms with E-state index in [9.17, 15) is 0 Å². The number of rotatable bonds is 2. The molecule has 0 saturated heterocycles. The highest BCUT2D eigenvalue weighted by Gasteiger charge is 2.06. The maximum atomic E-state index is 5.62. The highest BCUT2D eigenvalue weighted by Crippen LogP contribution is 2.17. The van der Waals surface area contributed by atoms with Crippen LogP contribution in [0.1, 0.15) is 0 Å². The molecule has 0 atom stereocenters. The lowest BCUT2D eigenvalue weighted by Gasteiger charge is -1.95. The molecule has 0 spiro atoms. The normalized spacial score (nSPS) is 10.6. The molecule has 1 aromatic carbocycles. The Hall–Kier alpha value is -2.28. The first-order valence-corrected chi connectivity index (χ1v) is 5.65. The molecule has 7 heteroatoms. The van der Waals surface area contributed by atoms with Gasteiger partial charge in [-0.1, -0.05) is 0 Å². The Labute approximate surface area is 101 Å². The maximum Gasteiger partial charge on any atom is 0.231 e. The van der Waals surface area contributed by atoms with Gasteiger partial charge in [0.25, 0.3) is 0 Å². The summed E-state index contributed by atoms with van der Waals surface area (Å²) in [6.45, 7) is 0. The summed E-state index contributed by atoms with van der Waals surface area (Å²) in [5, 5.41) is 5.02. The maximum absolute atomic E-state index is 5.62. The molecule has 17 heavy (non-hydrogen) atoms. The number of hydrogen-bond donors (Lipinski definition) is 1. The third kappa shape index (κ3) is 1.87. The summed E-state index contributed by atoms with van der Waals surface area (Å²) < 4.78 is 5.52. The Morgan fingerprint density at radius 1 is 1.12 bits per heavy atom. The quantitative estimate of drug-likeness (QED) is 0.688. The van der Waals surface area contributed by atoms with Crippen molar-refractivity contribution in [2.75, 3.05) is 5.73 Å². The first-order valence-electron chi connectivity index (χ1n) is 4.87. The summed E-state index contributed by atoms with van der Waals surface area (Å²) in [4.78, 5) is 8.28. The molecule has 2 aromatic heterocycles. The van der Waals surface area contributed by atoms with E-state index in [1.807, 2.05) is 24.3 Å². The van der Waals surface area contributed by atoms with Gasteiger partial charge in [-0.3, -0.25) is 0 Å². The van der Waals surface area contributed by atoms with Crippen LogP contribution in [-0.4, -0.2) is 24.1 Å². The number of nitrogens with two attached hydrogens (primary N) is 1. The molecule has 0 amide bonds. The van der Waals surface area contributed by atoms with Crippen LogP contribution in [0.15, 0.2) is 36.9 Å². The van der Waals surface area contributed by atoms with Gasteiger partial charge in [0.2, 0.25) is 5.13 Å². The molecule has 0 aliphatic heterocycles. The van der Waals surface area contributed by atoms with Gasteiger partial charge in [0.15, 0.2) is 5.82 Å². The second-order valence-corrected chi connectivity index (χ2v) is 4.12. The van der Waals surface area contributed by atoms with Crippen LogP contribution in [0.5, 0.6) is 0 Å². The summed E-state index contributed by atoms with van der Waals surface area (Å²) in [6, 6.07) is 7.41. The molecule has 84 valence electrons. The number of benzene rings is 1. The molecule has 0 aliphatic rings. The minimum atomic E-state index is 0.639. The van der Waals surface area contributed by atoms with Crippen molar-refractivity contribution in [1.82, 2.24) is 24.1 Å². The fourth-order valence-corrected chi connectivity index (χ4v) is 1.84. The van der Waals surface area contributed by atoms with Crippen molar-refractivity contribution >= 4 is 17.2 Å². The van der Waals surface area contributed by atoms with E-state index in [2.05, 4.69) is 19.4 Å². The molecule has 0 radical (unpaired) electrons. The lowest BCUT2D eigenvalue weighted by atomic mass is 10.2. The van der Waals surface area contributed by atoms with Gasteiger partial charge in [-0.2, -0.15) is 9.06 Å². The Kier molecular flexibility index (Phi) is 2.30. The zero-order valence-electron chi connectivity index (χ0n) is 8.69. The fraction of sp³-hybridized carbons (Fsp3) is 0. The molecular formula is C10H8N6S. The minimum absolute atomic E-state index is 0.639. The van der Waals surface area contributed by atoms with Gasteiger partial charge >= 0.3 is 0 Å². The van der Waals surface area contributed by atoms with Crippen LogP contribution in [0.25, 0.3) is 16.5 Å². The van der Waals surface area contributed by atoms with Gasteiger partial charge in [0, 0.05) is 22.8 Å². The standard InChI is InChI=1S/C10H8N6S/c11-8-3-1-7(2-4-8)9-13-6-16(15-9)10-12-5-14-17-10/h1-6H,11H2. The number of nitrogens with zero attached hydrogens (tertiary/aromatic N) is 5. The van der Waals surface area contributed by atoms with Crippen molar-refractivity contribution in [3.8, 4) is 16.5 Å². The third-order valence-electron chi connectivity index (χ3n) is 2.21. The zero-order valence-corrected chi connectivity index (χ0v) is 9.50. The SMILES string of the molecule is Nc1ccc(-c2ncn(-c3ncns3)n2)cc1. The van der Waals surface area contributed by atoms with Crippen LogP contribution in [0.3, 0.4) is 0 Å². The Morgan fingerprint density at radius 3 is 2.65 bits per heavy atom. The summed E-state index contributed by atoms with van der Waals surface area (Å²) in [7, 11) is 0. The highest BCUT2D eigenvalue weighted by atomic mass is 32.1. The van der Waals surface area contributed by atoms with Crippen molar-refractivity contribution in [3.63, 3.8) is 0 Å².